The van der Waals surface area contributed by atoms with Gasteiger partial charge in [0.2, 0.25) is 5.91 Å². The fourth-order valence-electron chi connectivity index (χ4n) is 2.91. The van der Waals surface area contributed by atoms with Crippen LogP contribution in [0.1, 0.15) is 74.1 Å². The molecular formula is C26H45N3O6S. The van der Waals surface area contributed by atoms with Crippen LogP contribution in [-0.2, 0) is 14.4 Å². The lowest BCUT2D eigenvalue weighted by atomic mass is 10.1. The van der Waals surface area contributed by atoms with Crippen molar-refractivity contribution in [1.82, 2.24) is 16.0 Å². The van der Waals surface area contributed by atoms with Crippen LogP contribution >= 0.6 is 11.8 Å². The second-order valence-corrected chi connectivity index (χ2v) is 9.63. The van der Waals surface area contributed by atoms with Gasteiger partial charge in [0.25, 0.3) is 0 Å². The molecule has 0 saturated carbocycles. The molecule has 0 aromatic heterocycles. The van der Waals surface area contributed by atoms with E-state index in [1.807, 2.05) is 6.92 Å². The summed E-state index contributed by atoms with van der Waals surface area (Å²) in [6.45, 7) is 10.3. The van der Waals surface area contributed by atoms with Crippen LogP contribution in [0.2, 0.25) is 0 Å². The summed E-state index contributed by atoms with van der Waals surface area (Å²) in [6.07, 6.45) is 9.96. The molecule has 0 spiro atoms. The molecule has 0 aliphatic heterocycles. The number of carboxylic acid groups (broad SMARTS) is 2. The Balaban J connectivity index is 0. The summed E-state index contributed by atoms with van der Waals surface area (Å²) in [4.78, 5) is 46.5. The molecule has 0 aromatic rings. The standard InChI is InChI=1S/C25H41N3O6S.CH4/c1-6-26-25(34)28-20(23(30)31)15-22(29)27-21(24(32)33)16-35-14-13-19(5)12-8-11-18(4)10-7-9-17(2)3;/h9,11,13,20-21H,6-8,10,12,14-16H2,1-5H3,(H,27,29)(H,30,31)(H,32,33)(H2,26,28,34);1H4/b18-11+,19-13+;/t20?,21-;/m0./s1. The normalized spacial score (nSPS) is 13.0. The molecule has 3 amide bonds. The second-order valence-electron chi connectivity index (χ2n) is 8.55. The van der Waals surface area contributed by atoms with E-state index in [4.69, 9.17) is 0 Å². The zero-order valence-electron chi connectivity index (χ0n) is 21.5. The minimum Gasteiger partial charge on any atom is -0.480 e. The highest BCUT2D eigenvalue weighted by Gasteiger charge is 2.26. The van der Waals surface area contributed by atoms with E-state index in [0.29, 0.717) is 12.3 Å². The van der Waals surface area contributed by atoms with Gasteiger partial charge >= 0.3 is 18.0 Å². The summed E-state index contributed by atoms with van der Waals surface area (Å²) in [7, 11) is 0. The van der Waals surface area contributed by atoms with E-state index in [1.165, 1.54) is 28.5 Å². The molecule has 0 fully saturated rings. The number of carbonyl (C=O) groups excluding carboxylic acids is 2. The Morgan fingerprint density at radius 2 is 1.39 bits per heavy atom. The maximum absolute atomic E-state index is 12.2. The van der Waals surface area contributed by atoms with Crippen LogP contribution < -0.4 is 16.0 Å². The van der Waals surface area contributed by atoms with Crippen LogP contribution in [0.25, 0.3) is 0 Å². The SMILES string of the molecule is C.CCNC(=O)NC(CC(=O)N[C@@H](CSC/C=C(\C)CC/C=C(\C)CCC=C(C)C)C(=O)O)C(=O)O. The highest BCUT2D eigenvalue weighted by molar-refractivity contribution is 7.99. The average Bonchev–Trinajstić information content (AvgIpc) is 2.75. The predicted octanol–water partition coefficient (Wildman–Crippen LogP) is 4.51. The Labute approximate surface area is 220 Å². The molecule has 9 nitrogen and oxygen atoms in total. The largest absolute Gasteiger partial charge is 0.480 e. The minimum atomic E-state index is -1.46. The molecule has 0 heterocycles. The van der Waals surface area contributed by atoms with Crippen molar-refractivity contribution in [3.8, 4) is 0 Å². The molecular weight excluding hydrogens is 482 g/mol. The van der Waals surface area contributed by atoms with Crippen molar-refractivity contribution in [3.63, 3.8) is 0 Å². The van der Waals surface area contributed by atoms with E-state index in [-0.39, 0.29) is 13.2 Å². The number of carbonyl (C=O) groups is 4. The molecule has 0 aliphatic rings. The smallest absolute Gasteiger partial charge is 0.327 e. The van der Waals surface area contributed by atoms with Gasteiger partial charge < -0.3 is 26.2 Å². The molecule has 2 atom stereocenters. The number of amides is 3. The quantitative estimate of drug-likeness (QED) is 0.138. The third-order valence-corrected chi connectivity index (χ3v) is 5.89. The Hall–Kier alpha value is -2.75. The highest BCUT2D eigenvalue weighted by atomic mass is 32.2. The number of hydrogen-bond donors (Lipinski definition) is 5. The van der Waals surface area contributed by atoms with E-state index in [0.717, 1.165) is 25.7 Å². The fraction of sp³-hybridized carbons (Fsp3) is 0.615. The summed E-state index contributed by atoms with van der Waals surface area (Å²) < 4.78 is 0. The summed E-state index contributed by atoms with van der Waals surface area (Å²) in [5.41, 5.74) is 3.91. The Kier molecular flexibility index (Phi) is 20.1. The molecule has 10 heteroatoms. The van der Waals surface area contributed by atoms with Crippen LogP contribution in [0.4, 0.5) is 4.79 Å². The maximum Gasteiger partial charge on any atom is 0.327 e. The number of nitrogens with one attached hydrogen (secondary N) is 3. The van der Waals surface area contributed by atoms with Gasteiger partial charge in [0.1, 0.15) is 12.1 Å². The first-order chi connectivity index (χ1) is 16.5. The van der Waals surface area contributed by atoms with Gasteiger partial charge in [0.15, 0.2) is 0 Å². The Bertz CT molecular complexity index is 804. The van der Waals surface area contributed by atoms with Crippen LogP contribution in [0.5, 0.6) is 0 Å². The van der Waals surface area contributed by atoms with Crippen molar-refractivity contribution in [2.24, 2.45) is 0 Å². The van der Waals surface area contributed by atoms with E-state index in [1.54, 1.807) is 6.92 Å². The predicted molar refractivity (Wildman–Crippen MR) is 147 cm³/mol. The van der Waals surface area contributed by atoms with Gasteiger partial charge in [-0.25, -0.2) is 14.4 Å². The molecule has 0 bridgehead atoms. The van der Waals surface area contributed by atoms with Crippen LogP contribution in [0, 0.1) is 0 Å². The number of thioether (sulfide) groups is 1. The minimum absolute atomic E-state index is 0. The molecule has 36 heavy (non-hydrogen) atoms. The van der Waals surface area contributed by atoms with Crippen LogP contribution in [0.3, 0.4) is 0 Å². The molecule has 0 aliphatic carbocycles. The fourth-order valence-corrected chi connectivity index (χ4v) is 3.91. The van der Waals surface area contributed by atoms with Crippen molar-refractivity contribution >= 4 is 35.6 Å². The lowest BCUT2D eigenvalue weighted by molar-refractivity contribution is -0.142. The monoisotopic (exact) mass is 527 g/mol. The molecule has 0 rings (SSSR count). The third-order valence-electron chi connectivity index (χ3n) is 4.92. The number of rotatable bonds is 17. The first-order valence-corrected chi connectivity index (χ1v) is 12.9. The van der Waals surface area contributed by atoms with Gasteiger partial charge in [-0.2, -0.15) is 11.8 Å². The Morgan fingerprint density at radius 1 is 0.833 bits per heavy atom. The number of aliphatic carboxylic acids is 2. The van der Waals surface area contributed by atoms with Crippen LogP contribution in [-0.4, -0.2) is 64.2 Å². The molecule has 0 radical (unpaired) electrons. The van der Waals surface area contributed by atoms with Gasteiger partial charge in [0, 0.05) is 18.1 Å². The van der Waals surface area contributed by atoms with Gasteiger partial charge in [-0.3, -0.25) is 4.79 Å². The summed E-state index contributed by atoms with van der Waals surface area (Å²) in [5.74, 6) is -2.61. The van der Waals surface area contributed by atoms with E-state index in [2.05, 4.69) is 54.9 Å². The summed E-state index contributed by atoms with van der Waals surface area (Å²) in [5, 5.41) is 25.5. The maximum atomic E-state index is 12.2. The third kappa shape index (κ3) is 18.6. The van der Waals surface area contributed by atoms with Crippen LogP contribution in [0.15, 0.2) is 34.9 Å². The number of carboxylic acids is 2. The molecule has 0 saturated heterocycles. The van der Waals surface area contributed by atoms with Crippen molar-refractivity contribution < 1.29 is 29.4 Å². The zero-order valence-corrected chi connectivity index (χ0v) is 22.3. The summed E-state index contributed by atoms with van der Waals surface area (Å²) >= 11 is 1.37. The van der Waals surface area contributed by atoms with Gasteiger partial charge in [-0.05, 0) is 60.3 Å². The van der Waals surface area contributed by atoms with Crippen molar-refractivity contribution in [1.29, 1.82) is 0 Å². The Morgan fingerprint density at radius 3 is 1.92 bits per heavy atom. The number of allylic oxidation sites excluding steroid dienone is 5. The molecule has 5 N–H and O–H groups in total. The first kappa shape index (κ1) is 35.4. The first-order valence-electron chi connectivity index (χ1n) is 11.8. The zero-order chi connectivity index (χ0) is 26.8. The van der Waals surface area contributed by atoms with Crippen molar-refractivity contribution in [2.45, 2.75) is 86.2 Å². The summed E-state index contributed by atoms with van der Waals surface area (Å²) in [6, 6.07) is -3.33. The van der Waals surface area contributed by atoms with E-state index >= 15 is 0 Å². The highest BCUT2D eigenvalue weighted by Crippen LogP contribution is 2.13. The van der Waals surface area contributed by atoms with Gasteiger partial charge in [0.05, 0.1) is 6.42 Å². The molecule has 0 aromatic carbocycles. The topological polar surface area (TPSA) is 145 Å². The van der Waals surface area contributed by atoms with Gasteiger partial charge in [-0.1, -0.05) is 42.4 Å². The average molecular weight is 528 g/mol. The number of hydrogen-bond acceptors (Lipinski definition) is 5. The molecule has 1 unspecified atom stereocenters. The lowest BCUT2D eigenvalue weighted by Gasteiger charge is -2.17. The number of urea groups is 1. The lowest BCUT2D eigenvalue weighted by Crippen LogP contribution is -2.50. The van der Waals surface area contributed by atoms with Gasteiger partial charge in [-0.15, -0.1) is 0 Å². The van der Waals surface area contributed by atoms with E-state index < -0.39 is 42.4 Å². The van der Waals surface area contributed by atoms with E-state index in [9.17, 15) is 29.4 Å². The van der Waals surface area contributed by atoms with Crippen molar-refractivity contribution in [2.75, 3.05) is 18.1 Å². The second kappa shape index (κ2) is 20.4. The molecule has 206 valence electrons. The van der Waals surface area contributed by atoms with Crippen molar-refractivity contribution in [3.05, 3.63) is 34.9 Å².